The lowest BCUT2D eigenvalue weighted by Crippen LogP contribution is -2.34. The van der Waals surface area contributed by atoms with Crippen LogP contribution in [0.2, 0.25) is 5.02 Å². The Hall–Kier alpha value is -0.580. The Bertz CT molecular complexity index is 427. The first-order chi connectivity index (χ1) is 9.65. The van der Waals surface area contributed by atoms with E-state index < -0.39 is 0 Å². The molecular formula is C15H26ClN3O. The van der Waals surface area contributed by atoms with Gasteiger partial charge < -0.3 is 10.1 Å². The van der Waals surface area contributed by atoms with Gasteiger partial charge in [0.2, 0.25) is 0 Å². The molecule has 4 nitrogen and oxygen atoms in total. The molecule has 0 radical (unpaired) electrons. The number of likely N-dealkylation sites (N-methyl/N-ethyl adjacent to an activating group) is 1. The Labute approximate surface area is 126 Å². The van der Waals surface area contributed by atoms with Gasteiger partial charge in [-0.2, -0.15) is 5.10 Å². The second kappa shape index (κ2) is 7.43. The van der Waals surface area contributed by atoms with Gasteiger partial charge in [0, 0.05) is 26.1 Å². The van der Waals surface area contributed by atoms with E-state index in [0.717, 1.165) is 42.3 Å². The van der Waals surface area contributed by atoms with Crippen LogP contribution in [0.5, 0.6) is 0 Å². The predicted molar refractivity (Wildman–Crippen MR) is 82.4 cm³/mol. The summed E-state index contributed by atoms with van der Waals surface area (Å²) >= 11 is 6.43. The lowest BCUT2D eigenvalue weighted by atomic mass is 9.98. The standard InChI is InChI=1S/C15H26ClN3O/c1-4-13-15(16)14(19(3)18-13)10-11(17-2)9-12-7-5-6-8-20-12/h11-12,17H,4-10H2,1-3H3. The number of nitrogens with zero attached hydrogens (tertiary/aromatic N) is 2. The first kappa shape index (κ1) is 15.8. The molecule has 1 aliphatic rings. The van der Waals surface area contributed by atoms with Gasteiger partial charge >= 0.3 is 0 Å². The smallest absolute Gasteiger partial charge is 0.0850 e. The lowest BCUT2D eigenvalue weighted by Gasteiger charge is -2.27. The van der Waals surface area contributed by atoms with Crippen LogP contribution in [-0.2, 0) is 24.6 Å². The predicted octanol–water partition coefficient (Wildman–Crippen LogP) is 2.73. The van der Waals surface area contributed by atoms with Gasteiger partial charge in [0.1, 0.15) is 0 Å². The Balaban J connectivity index is 2.00. The van der Waals surface area contributed by atoms with Crippen LogP contribution in [0, 0.1) is 0 Å². The molecule has 0 spiro atoms. The van der Waals surface area contributed by atoms with Gasteiger partial charge in [-0.05, 0) is 39.2 Å². The molecule has 114 valence electrons. The van der Waals surface area contributed by atoms with E-state index in [9.17, 15) is 0 Å². The summed E-state index contributed by atoms with van der Waals surface area (Å²) in [5.74, 6) is 0. The third-order valence-electron chi connectivity index (χ3n) is 4.17. The van der Waals surface area contributed by atoms with Crippen LogP contribution in [0.4, 0.5) is 0 Å². The lowest BCUT2D eigenvalue weighted by molar-refractivity contribution is 0.00559. The monoisotopic (exact) mass is 299 g/mol. The van der Waals surface area contributed by atoms with Gasteiger partial charge in [-0.15, -0.1) is 0 Å². The van der Waals surface area contributed by atoms with Crippen molar-refractivity contribution in [1.82, 2.24) is 15.1 Å². The third-order valence-corrected chi connectivity index (χ3v) is 4.61. The quantitative estimate of drug-likeness (QED) is 0.878. The normalized spacial score (nSPS) is 21.1. The highest BCUT2D eigenvalue weighted by molar-refractivity contribution is 6.31. The van der Waals surface area contributed by atoms with E-state index in [1.807, 2.05) is 18.8 Å². The van der Waals surface area contributed by atoms with Crippen LogP contribution in [0.15, 0.2) is 0 Å². The molecule has 5 heteroatoms. The van der Waals surface area contributed by atoms with E-state index in [2.05, 4.69) is 17.3 Å². The number of aryl methyl sites for hydroxylation is 2. The molecular weight excluding hydrogens is 274 g/mol. The molecule has 0 amide bonds. The molecule has 2 unspecified atom stereocenters. The Morgan fingerprint density at radius 1 is 1.50 bits per heavy atom. The number of ether oxygens (including phenoxy) is 1. The van der Waals surface area contributed by atoms with Crippen LogP contribution < -0.4 is 5.32 Å². The van der Waals surface area contributed by atoms with Gasteiger partial charge in [-0.3, -0.25) is 4.68 Å². The van der Waals surface area contributed by atoms with Crippen molar-refractivity contribution in [3.63, 3.8) is 0 Å². The van der Waals surface area contributed by atoms with Crippen LogP contribution in [0.1, 0.15) is 44.0 Å². The summed E-state index contributed by atoms with van der Waals surface area (Å²) < 4.78 is 7.76. The average molecular weight is 300 g/mol. The van der Waals surface area contributed by atoms with Crippen molar-refractivity contribution in [1.29, 1.82) is 0 Å². The SMILES string of the molecule is CCc1nn(C)c(CC(CC2CCCCO2)NC)c1Cl. The molecule has 1 aromatic rings. The maximum Gasteiger partial charge on any atom is 0.0850 e. The van der Waals surface area contributed by atoms with E-state index in [1.54, 1.807) is 0 Å². The summed E-state index contributed by atoms with van der Waals surface area (Å²) in [5, 5.41) is 8.72. The zero-order valence-electron chi connectivity index (χ0n) is 12.8. The van der Waals surface area contributed by atoms with Crippen molar-refractivity contribution in [2.75, 3.05) is 13.7 Å². The summed E-state index contributed by atoms with van der Waals surface area (Å²) in [5.41, 5.74) is 2.12. The minimum atomic E-state index is 0.385. The minimum absolute atomic E-state index is 0.385. The van der Waals surface area contributed by atoms with E-state index in [0.29, 0.717) is 12.1 Å². The Morgan fingerprint density at radius 3 is 2.85 bits per heavy atom. The maximum atomic E-state index is 6.43. The number of hydrogen-bond acceptors (Lipinski definition) is 3. The van der Waals surface area contributed by atoms with E-state index >= 15 is 0 Å². The molecule has 1 fully saturated rings. The number of hydrogen-bond donors (Lipinski definition) is 1. The highest BCUT2D eigenvalue weighted by atomic mass is 35.5. The van der Waals surface area contributed by atoms with Crippen LogP contribution >= 0.6 is 11.6 Å². The van der Waals surface area contributed by atoms with Crippen LogP contribution in [0.25, 0.3) is 0 Å². The van der Waals surface area contributed by atoms with E-state index in [-0.39, 0.29) is 0 Å². The van der Waals surface area contributed by atoms with Crippen molar-refractivity contribution in [3.05, 3.63) is 16.4 Å². The van der Waals surface area contributed by atoms with E-state index in [4.69, 9.17) is 16.3 Å². The number of nitrogens with one attached hydrogen (secondary N) is 1. The van der Waals surface area contributed by atoms with Crippen molar-refractivity contribution in [3.8, 4) is 0 Å². The van der Waals surface area contributed by atoms with Gasteiger partial charge in [0.15, 0.2) is 0 Å². The summed E-state index contributed by atoms with van der Waals surface area (Å²) in [4.78, 5) is 0. The Morgan fingerprint density at radius 2 is 2.30 bits per heavy atom. The highest BCUT2D eigenvalue weighted by Crippen LogP contribution is 2.24. The molecule has 1 saturated heterocycles. The first-order valence-corrected chi connectivity index (χ1v) is 8.02. The minimum Gasteiger partial charge on any atom is -0.378 e. The summed E-state index contributed by atoms with van der Waals surface area (Å²) in [6.45, 7) is 3.00. The molecule has 1 aromatic heterocycles. The Kier molecular flexibility index (Phi) is 5.87. The van der Waals surface area contributed by atoms with Gasteiger partial charge in [-0.25, -0.2) is 0 Å². The first-order valence-electron chi connectivity index (χ1n) is 7.64. The molecule has 1 N–H and O–H groups in total. The maximum absolute atomic E-state index is 6.43. The zero-order chi connectivity index (χ0) is 14.5. The van der Waals surface area contributed by atoms with Crippen molar-refractivity contribution in [2.45, 2.75) is 57.6 Å². The molecule has 2 atom stereocenters. The van der Waals surface area contributed by atoms with Crippen molar-refractivity contribution in [2.24, 2.45) is 7.05 Å². The second-order valence-electron chi connectivity index (χ2n) is 5.60. The number of halogens is 1. The molecule has 0 aliphatic carbocycles. The number of rotatable bonds is 6. The largest absolute Gasteiger partial charge is 0.378 e. The average Bonchev–Trinajstić information content (AvgIpc) is 2.74. The van der Waals surface area contributed by atoms with Crippen LogP contribution in [0.3, 0.4) is 0 Å². The fourth-order valence-corrected chi connectivity index (χ4v) is 3.26. The van der Waals surface area contributed by atoms with Gasteiger partial charge in [0.25, 0.3) is 0 Å². The highest BCUT2D eigenvalue weighted by Gasteiger charge is 2.22. The third kappa shape index (κ3) is 3.74. The molecule has 1 aliphatic heterocycles. The number of aromatic nitrogens is 2. The topological polar surface area (TPSA) is 39.1 Å². The van der Waals surface area contributed by atoms with Gasteiger partial charge in [0.05, 0.1) is 22.5 Å². The summed E-state index contributed by atoms with van der Waals surface area (Å²) in [6, 6.07) is 0.385. The molecule has 2 heterocycles. The fraction of sp³-hybridized carbons (Fsp3) is 0.800. The van der Waals surface area contributed by atoms with Crippen LogP contribution in [-0.4, -0.2) is 35.6 Å². The summed E-state index contributed by atoms with van der Waals surface area (Å²) in [7, 11) is 3.99. The van der Waals surface area contributed by atoms with Crippen molar-refractivity contribution < 1.29 is 4.74 Å². The van der Waals surface area contributed by atoms with Crippen molar-refractivity contribution >= 4 is 11.6 Å². The molecule has 0 bridgehead atoms. The zero-order valence-corrected chi connectivity index (χ0v) is 13.5. The van der Waals surface area contributed by atoms with E-state index in [1.165, 1.54) is 19.3 Å². The molecule has 0 aromatic carbocycles. The molecule has 20 heavy (non-hydrogen) atoms. The second-order valence-corrected chi connectivity index (χ2v) is 5.98. The fourth-order valence-electron chi connectivity index (χ4n) is 2.89. The molecule has 2 rings (SSSR count). The molecule has 0 saturated carbocycles. The van der Waals surface area contributed by atoms with Gasteiger partial charge in [-0.1, -0.05) is 18.5 Å². The summed E-state index contributed by atoms with van der Waals surface area (Å²) in [6.07, 6.45) is 6.87.